The summed E-state index contributed by atoms with van der Waals surface area (Å²) < 4.78 is 8.34. The van der Waals surface area contributed by atoms with Crippen molar-refractivity contribution in [3.8, 4) is 5.75 Å². The number of carbonyl (C=O) groups is 1. The minimum absolute atomic E-state index is 0.00421. The topological polar surface area (TPSA) is 34.5 Å². The van der Waals surface area contributed by atoms with E-state index in [9.17, 15) is 4.79 Å². The number of methoxy groups -OCH3 is 1. The average Bonchev–Trinajstić information content (AvgIpc) is 3.25. The molecular formula is C27H25BrN2O2. The van der Waals surface area contributed by atoms with Crippen LogP contribution in [0.3, 0.4) is 0 Å². The van der Waals surface area contributed by atoms with Crippen LogP contribution in [0.15, 0.2) is 102 Å². The van der Waals surface area contributed by atoms with Crippen molar-refractivity contribution in [2.75, 3.05) is 7.11 Å². The minimum Gasteiger partial charge on any atom is -0.497 e. The summed E-state index contributed by atoms with van der Waals surface area (Å²) in [6, 6.07) is 29.8. The molecule has 5 heteroatoms. The van der Waals surface area contributed by atoms with Crippen LogP contribution in [0.25, 0.3) is 0 Å². The smallest absolute Gasteiger partial charge is 0.255 e. The van der Waals surface area contributed by atoms with Gasteiger partial charge in [0.25, 0.3) is 5.91 Å². The van der Waals surface area contributed by atoms with Crippen LogP contribution in [0.1, 0.15) is 27.2 Å². The Morgan fingerprint density at radius 2 is 1.62 bits per heavy atom. The maximum atomic E-state index is 13.5. The summed E-state index contributed by atoms with van der Waals surface area (Å²) in [6.45, 7) is 1.75. The van der Waals surface area contributed by atoms with Crippen LogP contribution >= 0.6 is 15.9 Å². The normalized spacial score (nSPS) is 10.7. The largest absolute Gasteiger partial charge is 0.497 e. The lowest BCUT2D eigenvalue weighted by Crippen LogP contribution is -2.31. The molecule has 1 amide bonds. The summed E-state index contributed by atoms with van der Waals surface area (Å²) >= 11 is 3.54. The fraction of sp³-hybridized carbons (Fsp3) is 0.148. The molecule has 4 nitrogen and oxygen atoms in total. The number of nitrogens with zero attached hydrogens (tertiary/aromatic N) is 2. The summed E-state index contributed by atoms with van der Waals surface area (Å²) in [4.78, 5) is 15.4. The molecule has 4 aromatic rings. The fourth-order valence-electron chi connectivity index (χ4n) is 3.72. The minimum atomic E-state index is -0.00421. The quantitative estimate of drug-likeness (QED) is 0.298. The van der Waals surface area contributed by atoms with Gasteiger partial charge in [-0.15, -0.1) is 0 Å². The molecule has 0 radical (unpaired) electrons. The lowest BCUT2D eigenvalue weighted by molar-refractivity contribution is 0.0725. The van der Waals surface area contributed by atoms with Crippen molar-refractivity contribution in [1.29, 1.82) is 0 Å². The number of benzene rings is 3. The highest BCUT2D eigenvalue weighted by atomic mass is 79.9. The predicted molar refractivity (Wildman–Crippen MR) is 131 cm³/mol. The molecule has 0 unspecified atom stereocenters. The van der Waals surface area contributed by atoms with Crippen LogP contribution in [0.4, 0.5) is 0 Å². The number of aromatic nitrogens is 1. The Labute approximate surface area is 197 Å². The van der Waals surface area contributed by atoms with Crippen molar-refractivity contribution in [3.63, 3.8) is 0 Å². The number of halogens is 1. The van der Waals surface area contributed by atoms with E-state index in [2.05, 4.69) is 51.0 Å². The van der Waals surface area contributed by atoms with Gasteiger partial charge in [-0.1, -0.05) is 54.6 Å². The molecule has 4 rings (SSSR count). The number of rotatable bonds is 8. The van der Waals surface area contributed by atoms with Crippen molar-refractivity contribution in [3.05, 3.63) is 124 Å². The van der Waals surface area contributed by atoms with E-state index in [1.807, 2.05) is 71.6 Å². The molecule has 32 heavy (non-hydrogen) atoms. The van der Waals surface area contributed by atoms with Crippen molar-refractivity contribution in [1.82, 2.24) is 9.47 Å². The third kappa shape index (κ3) is 5.29. The molecule has 0 spiro atoms. The zero-order chi connectivity index (χ0) is 22.3. The van der Waals surface area contributed by atoms with Gasteiger partial charge < -0.3 is 14.2 Å². The standard InChI is InChI=1S/C27H25BrN2O2/c1-32-24-13-7-11-22(17-24)19-29-16-8-12-23(29)20-30(18-21-9-3-2-4-10-21)27(31)25-14-5-6-15-26(25)28/h2-17H,18-20H2,1H3. The molecular weight excluding hydrogens is 464 g/mol. The third-order valence-corrected chi connectivity index (χ3v) is 6.06. The van der Waals surface area contributed by atoms with Gasteiger partial charge in [0.05, 0.1) is 19.2 Å². The van der Waals surface area contributed by atoms with Gasteiger partial charge in [0, 0.05) is 29.5 Å². The molecule has 0 fully saturated rings. The molecule has 0 aliphatic carbocycles. The van der Waals surface area contributed by atoms with Gasteiger partial charge in [-0.3, -0.25) is 4.79 Å². The first-order valence-corrected chi connectivity index (χ1v) is 11.3. The molecule has 1 heterocycles. The molecule has 1 aromatic heterocycles. The van der Waals surface area contributed by atoms with Gasteiger partial charge >= 0.3 is 0 Å². The Hall–Kier alpha value is -3.31. The highest BCUT2D eigenvalue weighted by Crippen LogP contribution is 2.22. The summed E-state index contributed by atoms with van der Waals surface area (Å²) in [5.74, 6) is 0.835. The molecule has 0 saturated carbocycles. The van der Waals surface area contributed by atoms with Gasteiger partial charge in [-0.25, -0.2) is 0 Å². The average molecular weight is 489 g/mol. The first-order chi connectivity index (χ1) is 15.6. The number of hydrogen-bond donors (Lipinski definition) is 0. The Balaban J connectivity index is 1.61. The summed E-state index contributed by atoms with van der Waals surface area (Å²) in [7, 11) is 1.68. The maximum absolute atomic E-state index is 13.5. The number of amides is 1. The van der Waals surface area contributed by atoms with Crippen LogP contribution in [0, 0.1) is 0 Å². The molecule has 0 saturated heterocycles. The van der Waals surface area contributed by atoms with E-state index in [1.165, 1.54) is 0 Å². The summed E-state index contributed by atoms with van der Waals surface area (Å²) in [5, 5.41) is 0. The lowest BCUT2D eigenvalue weighted by atomic mass is 10.1. The Morgan fingerprint density at radius 1 is 0.875 bits per heavy atom. The second-order valence-corrected chi connectivity index (χ2v) is 8.46. The van der Waals surface area contributed by atoms with E-state index < -0.39 is 0 Å². The van der Waals surface area contributed by atoms with Crippen molar-refractivity contribution in [2.24, 2.45) is 0 Å². The molecule has 0 N–H and O–H groups in total. The molecule has 162 valence electrons. The third-order valence-electron chi connectivity index (χ3n) is 5.37. The molecule has 0 bridgehead atoms. The second kappa shape index (κ2) is 10.3. The summed E-state index contributed by atoms with van der Waals surface area (Å²) in [6.07, 6.45) is 2.05. The van der Waals surface area contributed by atoms with Crippen LogP contribution in [-0.2, 0) is 19.6 Å². The van der Waals surface area contributed by atoms with E-state index >= 15 is 0 Å². The Bertz CT molecular complexity index is 1190. The number of ether oxygens (including phenoxy) is 1. The van der Waals surface area contributed by atoms with E-state index in [0.29, 0.717) is 25.2 Å². The summed E-state index contributed by atoms with van der Waals surface area (Å²) in [5.41, 5.74) is 3.98. The molecule has 3 aromatic carbocycles. The van der Waals surface area contributed by atoms with Crippen LogP contribution in [0.5, 0.6) is 5.75 Å². The highest BCUT2D eigenvalue weighted by molar-refractivity contribution is 9.10. The monoisotopic (exact) mass is 488 g/mol. The lowest BCUT2D eigenvalue weighted by Gasteiger charge is -2.24. The van der Waals surface area contributed by atoms with Crippen LogP contribution in [0.2, 0.25) is 0 Å². The van der Waals surface area contributed by atoms with Crippen molar-refractivity contribution < 1.29 is 9.53 Å². The SMILES string of the molecule is COc1cccc(Cn2cccc2CN(Cc2ccccc2)C(=O)c2ccccc2Br)c1. The van der Waals surface area contributed by atoms with Gasteiger partial charge in [-0.05, 0) is 63.5 Å². The van der Waals surface area contributed by atoms with E-state index in [4.69, 9.17) is 4.74 Å². The van der Waals surface area contributed by atoms with Crippen LogP contribution < -0.4 is 4.74 Å². The zero-order valence-electron chi connectivity index (χ0n) is 17.9. The zero-order valence-corrected chi connectivity index (χ0v) is 19.5. The van der Waals surface area contributed by atoms with E-state index in [0.717, 1.165) is 27.0 Å². The van der Waals surface area contributed by atoms with Gasteiger partial charge in [0.1, 0.15) is 5.75 Å². The maximum Gasteiger partial charge on any atom is 0.255 e. The van der Waals surface area contributed by atoms with Gasteiger partial charge in [0.2, 0.25) is 0 Å². The molecule has 0 atom stereocenters. The van der Waals surface area contributed by atoms with Crippen molar-refractivity contribution >= 4 is 21.8 Å². The number of hydrogen-bond acceptors (Lipinski definition) is 2. The second-order valence-electron chi connectivity index (χ2n) is 7.61. The predicted octanol–water partition coefficient (Wildman–Crippen LogP) is 6.15. The molecule has 0 aliphatic rings. The van der Waals surface area contributed by atoms with Gasteiger partial charge in [0.15, 0.2) is 0 Å². The number of carbonyl (C=O) groups excluding carboxylic acids is 1. The van der Waals surface area contributed by atoms with Gasteiger partial charge in [-0.2, -0.15) is 0 Å². The highest BCUT2D eigenvalue weighted by Gasteiger charge is 2.20. The molecule has 0 aliphatic heterocycles. The fourth-order valence-corrected chi connectivity index (χ4v) is 4.17. The Morgan fingerprint density at radius 3 is 2.41 bits per heavy atom. The van der Waals surface area contributed by atoms with Crippen molar-refractivity contribution in [2.45, 2.75) is 19.6 Å². The Kier molecular flexibility index (Phi) is 7.07. The van der Waals surface area contributed by atoms with Crippen LogP contribution in [-0.4, -0.2) is 22.5 Å². The first kappa shape index (κ1) is 21.9. The first-order valence-electron chi connectivity index (χ1n) is 10.5. The van der Waals surface area contributed by atoms with E-state index in [-0.39, 0.29) is 5.91 Å². The van der Waals surface area contributed by atoms with E-state index in [1.54, 1.807) is 7.11 Å².